The fourth-order valence-electron chi connectivity index (χ4n) is 5.48. The largest absolute Gasteiger partial charge is 0.266 e. The first-order valence-electron chi connectivity index (χ1n) is 11.7. The van der Waals surface area contributed by atoms with Gasteiger partial charge in [0.2, 0.25) is 0 Å². The Bertz CT molecular complexity index is 370. The Kier molecular flexibility index (Phi) is 10.9. The van der Waals surface area contributed by atoms with Crippen LogP contribution in [0.1, 0.15) is 116 Å². The van der Waals surface area contributed by atoms with Crippen molar-refractivity contribution in [2.24, 2.45) is 23.7 Å². The standard InChI is InChI=1S/C24H42F2/c1-2-3-4-5-6-7-8-9-10-20-11-15-22(16-12-20)23-17-13-21(14-18-23)19-24(25)26/h19-23H,2-18H2,1H3. The van der Waals surface area contributed by atoms with Gasteiger partial charge in [0.1, 0.15) is 0 Å². The van der Waals surface area contributed by atoms with Gasteiger partial charge >= 0.3 is 0 Å². The Morgan fingerprint density at radius 3 is 1.73 bits per heavy atom. The van der Waals surface area contributed by atoms with Crippen LogP contribution in [0.5, 0.6) is 0 Å². The first-order valence-corrected chi connectivity index (χ1v) is 11.7. The first kappa shape index (κ1) is 21.9. The molecule has 2 fully saturated rings. The molecule has 26 heavy (non-hydrogen) atoms. The number of allylic oxidation sites excluding steroid dienone is 1. The highest BCUT2D eigenvalue weighted by atomic mass is 19.3. The summed E-state index contributed by atoms with van der Waals surface area (Å²) in [5.41, 5.74) is 0. The quantitative estimate of drug-likeness (QED) is 0.319. The summed E-state index contributed by atoms with van der Waals surface area (Å²) >= 11 is 0. The third-order valence-electron chi connectivity index (χ3n) is 7.20. The van der Waals surface area contributed by atoms with Gasteiger partial charge in [-0.25, -0.2) is 0 Å². The van der Waals surface area contributed by atoms with Gasteiger partial charge in [-0.05, 0) is 68.3 Å². The molecule has 2 rings (SSSR count). The Morgan fingerprint density at radius 2 is 1.19 bits per heavy atom. The Hall–Kier alpha value is -0.400. The molecule has 0 aromatic rings. The lowest BCUT2D eigenvalue weighted by Gasteiger charge is -2.37. The van der Waals surface area contributed by atoms with Gasteiger partial charge in [0, 0.05) is 0 Å². The van der Waals surface area contributed by atoms with E-state index in [2.05, 4.69) is 6.92 Å². The van der Waals surface area contributed by atoms with E-state index in [0.717, 1.165) is 30.6 Å². The molecule has 0 nitrogen and oxygen atoms in total. The van der Waals surface area contributed by atoms with E-state index < -0.39 is 6.08 Å². The zero-order valence-electron chi connectivity index (χ0n) is 17.2. The summed E-state index contributed by atoms with van der Waals surface area (Å²) in [6, 6.07) is 0. The molecule has 0 aromatic heterocycles. The smallest absolute Gasteiger partial charge is 0.174 e. The average molecular weight is 369 g/mol. The second-order valence-corrected chi connectivity index (χ2v) is 9.18. The van der Waals surface area contributed by atoms with Crippen LogP contribution < -0.4 is 0 Å². The van der Waals surface area contributed by atoms with E-state index in [1.54, 1.807) is 0 Å². The molecule has 2 aliphatic rings. The minimum absolute atomic E-state index is 0.148. The highest BCUT2D eigenvalue weighted by Crippen LogP contribution is 2.42. The Morgan fingerprint density at radius 1 is 0.692 bits per heavy atom. The van der Waals surface area contributed by atoms with E-state index in [1.165, 1.54) is 102 Å². The normalized spacial score (nSPS) is 29.5. The summed E-state index contributed by atoms with van der Waals surface area (Å²) in [4.78, 5) is 0. The molecule has 0 radical (unpaired) electrons. The number of unbranched alkanes of at least 4 members (excludes halogenated alkanes) is 7. The molecule has 2 saturated carbocycles. The fraction of sp³-hybridized carbons (Fsp3) is 0.917. The summed E-state index contributed by atoms with van der Waals surface area (Å²) in [6.45, 7) is 2.28. The molecule has 2 heteroatoms. The summed E-state index contributed by atoms with van der Waals surface area (Å²) in [6.07, 6.45) is 22.6. The number of halogens is 2. The van der Waals surface area contributed by atoms with Crippen molar-refractivity contribution in [1.82, 2.24) is 0 Å². The third-order valence-corrected chi connectivity index (χ3v) is 7.20. The Balaban J connectivity index is 1.50. The van der Waals surface area contributed by atoms with E-state index in [-0.39, 0.29) is 5.92 Å². The predicted molar refractivity (Wildman–Crippen MR) is 108 cm³/mol. The number of rotatable bonds is 11. The molecule has 2 aliphatic carbocycles. The molecule has 0 amide bonds. The minimum atomic E-state index is -1.48. The van der Waals surface area contributed by atoms with Gasteiger partial charge in [-0.3, -0.25) is 0 Å². The minimum Gasteiger partial charge on any atom is -0.174 e. The van der Waals surface area contributed by atoms with Crippen LogP contribution >= 0.6 is 0 Å². The maximum atomic E-state index is 12.4. The van der Waals surface area contributed by atoms with Gasteiger partial charge < -0.3 is 0 Å². The zero-order valence-corrected chi connectivity index (χ0v) is 17.2. The van der Waals surface area contributed by atoms with Crippen LogP contribution in [-0.2, 0) is 0 Å². The molecular formula is C24H42F2. The van der Waals surface area contributed by atoms with Crippen LogP contribution in [0.15, 0.2) is 12.2 Å². The topological polar surface area (TPSA) is 0 Å². The lowest BCUT2D eigenvalue weighted by Crippen LogP contribution is -2.25. The van der Waals surface area contributed by atoms with Crippen molar-refractivity contribution in [2.45, 2.75) is 116 Å². The van der Waals surface area contributed by atoms with Crippen molar-refractivity contribution in [3.8, 4) is 0 Å². The number of hydrogen-bond acceptors (Lipinski definition) is 0. The summed E-state index contributed by atoms with van der Waals surface area (Å²) in [7, 11) is 0. The molecular weight excluding hydrogens is 326 g/mol. The van der Waals surface area contributed by atoms with Gasteiger partial charge in [0.15, 0.2) is 0 Å². The van der Waals surface area contributed by atoms with E-state index in [1.807, 2.05) is 0 Å². The predicted octanol–water partition coefficient (Wildman–Crippen LogP) is 8.91. The monoisotopic (exact) mass is 368 g/mol. The summed E-state index contributed by atoms with van der Waals surface area (Å²) in [5.74, 6) is 2.84. The van der Waals surface area contributed by atoms with Gasteiger partial charge in [0.05, 0.1) is 0 Å². The summed E-state index contributed by atoms with van der Waals surface area (Å²) < 4.78 is 24.8. The lowest BCUT2D eigenvalue weighted by atomic mass is 9.68. The van der Waals surface area contributed by atoms with E-state index in [4.69, 9.17) is 0 Å². The van der Waals surface area contributed by atoms with Crippen molar-refractivity contribution < 1.29 is 8.78 Å². The van der Waals surface area contributed by atoms with Crippen molar-refractivity contribution in [1.29, 1.82) is 0 Å². The van der Waals surface area contributed by atoms with Crippen molar-refractivity contribution in [3.05, 3.63) is 12.2 Å². The van der Waals surface area contributed by atoms with E-state index in [9.17, 15) is 8.78 Å². The molecule has 0 aromatic carbocycles. The zero-order chi connectivity index (χ0) is 18.6. The van der Waals surface area contributed by atoms with Crippen LogP contribution in [0.4, 0.5) is 8.78 Å². The van der Waals surface area contributed by atoms with Crippen LogP contribution in [0, 0.1) is 23.7 Å². The van der Waals surface area contributed by atoms with E-state index in [0.29, 0.717) is 0 Å². The van der Waals surface area contributed by atoms with E-state index >= 15 is 0 Å². The highest BCUT2D eigenvalue weighted by molar-refractivity contribution is 4.92. The maximum Gasteiger partial charge on any atom is 0.266 e. The second-order valence-electron chi connectivity index (χ2n) is 9.18. The van der Waals surface area contributed by atoms with Gasteiger partial charge in [-0.1, -0.05) is 77.6 Å². The van der Waals surface area contributed by atoms with Gasteiger partial charge in [-0.2, -0.15) is 8.78 Å². The third kappa shape index (κ3) is 8.53. The molecule has 0 aliphatic heterocycles. The highest BCUT2D eigenvalue weighted by Gasteiger charge is 2.30. The molecule has 0 atom stereocenters. The first-order chi connectivity index (χ1) is 12.7. The lowest BCUT2D eigenvalue weighted by molar-refractivity contribution is 0.150. The van der Waals surface area contributed by atoms with Crippen molar-refractivity contribution >= 4 is 0 Å². The molecule has 0 unspecified atom stereocenters. The van der Waals surface area contributed by atoms with Crippen LogP contribution in [0.2, 0.25) is 0 Å². The number of hydrogen-bond donors (Lipinski definition) is 0. The van der Waals surface area contributed by atoms with Gasteiger partial charge in [-0.15, -0.1) is 0 Å². The summed E-state index contributed by atoms with van der Waals surface area (Å²) in [5, 5.41) is 0. The molecule has 0 spiro atoms. The van der Waals surface area contributed by atoms with Crippen molar-refractivity contribution in [3.63, 3.8) is 0 Å². The molecule has 0 heterocycles. The maximum absolute atomic E-state index is 12.4. The molecule has 0 bridgehead atoms. The van der Waals surface area contributed by atoms with Crippen molar-refractivity contribution in [2.75, 3.05) is 0 Å². The van der Waals surface area contributed by atoms with Crippen LogP contribution in [0.3, 0.4) is 0 Å². The molecule has 0 saturated heterocycles. The van der Waals surface area contributed by atoms with Gasteiger partial charge in [0.25, 0.3) is 6.08 Å². The van der Waals surface area contributed by atoms with Crippen LogP contribution in [-0.4, -0.2) is 0 Å². The fourth-order valence-corrected chi connectivity index (χ4v) is 5.48. The average Bonchev–Trinajstić information content (AvgIpc) is 2.65. The SMILES string of the molecule is CCCCCCCCCCC1CCC(C2CCC(C=C(F)F)CC2)CC1. The molecule has 152 valence electrons. The Labute approximate surface area is 161 Å². The second kappa shape index (κ2) is 12.9. The van der Waals surface area contributed by atoms with Crippen LogP contribution in [0.25, 0.3) is 0 Å². The molecule has 0 N–H and O–H groups in total.